The van der Waals surface area contributed by atoms with Crippen molar-refractivity contribution in [3.63, 3.8) is 0 Å². The van der Waals surface area contributed by atoms with Crippen LogP contribution in [0.15, 0.2) is 92.3 Å². The van der Waals surface area contributed by atoms with Gasteiger partial charge < -0.3 is 15.5 Å². The first kappa shape index (κ1) is 55.5. The Kier molecular flexibility index (Phi) is 24.2. The Morgan fingerprint density at radius 1 is 0.862 bits per heavy atom. The Balaban J connectivity index is 0.00000131. The van der Waals surface area contributed by atoms with Crippen LogP contribution in [-0.4, -0.2) is 80.2 Å². The number of nitrogens with zero attached hydrogens (tertiary/aromatic N) is 3. The van der Waals surface area contributed by atoms with Gasteiger partial charge in [0.2, 0.25) is 0 Å². The maximum atomic E-state index is 4.41. The van der Waals surface area contributed by atoms with E-state index in [1.807, 2.05) is 40.1 Å². The monoisotopic (exact) mass is 903 g/mol. The molecule has 1 saturated carbocycles. The SMILES string of the molecule is C=CCCC(C(=C)NC)[N+](=C)Cc1ccc(CC2CC3(CCN(CC4CCN(Cc5c(C)cc(/C(=C/NC)c6ccccc6C=C)cc5C)CC4)CC3)C2)cc1C.CC.CC(C)C.CS. The van der Waals surface area contributed by atoms with E-state index in [1.165, 1.54) is 128 Å². The fourth-order valence-electron chi connectivity index (χ4n) is 10.4. The quantitative estimate of drug-likeness (QED) is 0.0514. The van der Waals surface area contributed by atoms with Gasteiger partial charge in [0, 0.05) is 50.9 Å². The van der Waals surface area contributed by atoms with Gasteiger partial charge in [-0.25, -0.2) is 4.58 Å². The summed E-state index contributed by atoms with van der Waals surface area (Å²) in [4.78, 5) is 5.52. The highest BCUT2D eigenvalue weighted by atomic mass is 32.1. The molecule has 0 aromatic heterocycles. The molecule has 2 aliphatic heterocycles. The third kappa shape index (κ3) is 16.5. The Morgan fingerprint density at radius 3 is 2.03 bits per heavy atom. The molecule has 3 fully saturated rings. The number of likely N-dealkylation sites (N-methyl/N-ethyl adjacent to an activating group) is 1. The van der Waals surface area contributed by atoms with Gasteiger partial charge in [0.15, 0.2) is 12.6 Å². The molecule has 3 aliphatic rings. The smallest absolute Gasteiger partial charge is 0.191 e. The summed E-state index contributed by atoms with van der Waals surface area (Å²) in [6.07, 6.45) is 19.2. The van der Waals surface area contributed by atoms with Gasteiger partial charge in [-0.15, -0.1) is 6.58 Å². The van der Waals surface area contributed by atoms with Crippen molar-refractivity contribution >= 4 is 31.0 Å². The molecule has 2 saturated heterocycles. The van der Waals surface area contributed by atoms with Crippen molar-refractivity contribution < 1.29 is 4.58 Å². The molecule has 6 heteroatoms. The first-order valence-corrected chi connectivity index (χ1v) is 25.9. The zero-order valence-electron chi connectivity index (χ0n) is 43.2. The van der Waals surface area contributed by atoms with Gasteiger partial charge in [0.1, 0.15) is 6.72 Å². The third-order valence-electron chi connectivity index (χ3n) is 13.8. The Morgan fingerprint density at radius 2 is 1.48 bits per heavy atom. The van der Waals surface area contributed by atoms with Crippen molar-refractivity contribution in [2.45, 2.75) is 132 Å². The van der Waals surface area contributed by atoms with E-state index in [-0.39, 0.29) is 6.04 Å². The van der Waals surface area contributed by atoms with E-state index in [4.69, 9.17) is 0 Å². The predicted octanol–water partition coefficient (Wildman–Crippen LogP) is 13.3. The Hall–Kier alpha value is -3.84. The molecule has 1 unspecified atom stereocenters. The Bertz CT molecular complexity index is 1940. The number of aryl methyl sites for hydroxylation is 3. The standard InChI is InChI=1S/C52H72N5.C4H10.C2H6.CH4S/c1-10-12-17-51(41(6)54-8)55(9)36-46-19-18-43(28-38(46)3)31-44-32-52(33-44)22-26-57(27-23-52)35-42-20-24-56(25-21-42)37-50-39(4)29-47(30-40(50)5)49(34-53-7)48-16-14-13-15-45(48)11-2;1-4(2)3;2*1-2/h10-11,13-16,18-19,28-30,34,42,44,51,53-54H,1-2,6,9,12,17,20-27,31-33,35-37H2,3-5,7-8H3;4H,1-3H3;1-2H3;2H,1H3/q+1;;;/b49-34-;;;. The zero-order valence-corrected chi connectivity index (χ0v) is 44.1. The van der Waals surface area contributed by atoms with Crippen molar-refractivity contribution in [3.05, 3.63) is 142 Å². The van der Waals surface area contributed by atoms with Gasteiger partial charge in [0.05, 0.1) is 5.70 Å². The van der Waals surface area contributed by atoms with Crippen molar-refractivity contribution in [2.24, 2.45) is 23.2 Å². The fraction of sp³-hybridized carbons (Fsp3) is 0.542. The number of benzene rings is 3. The minimum Gasteiger partial charge on any atom is -0.393 e. The van der Waals surface area contributed by atoms with Gasteiger partial charge in [-0.1, -0.05) is 115 Å². The lowest BCUT2D eigenvalue weighted by Gasteiger charge is -2.53. The van der Waals surface area contributed by atoms with Gasteiger partial charge in [-0.3, -0.25) is 4.90 Å². The summed E-state index contributed by atoms with van der Waals surface area (Å²) >= 11 is 3.53. The van der Waals surface area contributed by atoms with Gasteiger partial charge in [-0.2, -0.15) is 12.6 Å². The molecule has 65 heavy (non-hydrogen) atoms. The number of allylic oxidation sites excluding steroid dienone is 1. The molecule has 2 heterocycles. The van der Waals surface area contributed by atoms with E-state index in [9.17, 15) is 0 Å². The number of thiol groups is 1. The fourth-order valence-corrected chi connectivity index (χ4v) is 10.4. The summed E-state index contributed by atoms with van der Waals surface area (Å²) in [5, 5.41) is 6.54. The minimum atomic E-state index is 0.194. The normalized spacial score (nSPS) is 17.0. The highest BCUT2D eigenvalue weighted by molar-refractivity contribution is 7.79. The second-order valence-corrected chi connectivity index (χ2v) is 19.6. The third-order valence-corrected chi connectivity index (χ3v) is 13.8. The van der Waals surface area contributed by atoms with Crippen LogP contribution in [0.2, 0.25) is 0 Å². The molecular formula is C59H92N5S+. The topological polar surface area (TPSA) is 33.6 Å². The zero-order chi connectivity index (χ0) is 48.1. The van der Waals surface area contributed by atoms with E-state index >= 15 is 0 Å². The summed E-state index contributed by atoms with van der Waals surface area (Å²) in [5.74, 6) is 2.50. The summed E-state index contributed by atoms with van der Waals surface area (Å²) in [6.45, 7) is 42.2. The van der Waals surface area contributed by atoms with Crippen LogP contribution in [0.25, 0.3) is 11.6 Å². The van der Waals surface area contributed by atoms with Crippen molar-refractivity contribution in [3.8, 4) is 0 Å². The molecule has 358 valence electrons. The van der Waals surface area contributed by atoms with Crippen LogP contribution >= 0.6 is 12.6 Å². The average molecular weight is 903 g/mol. The number of rotatable bonds is 18. The summed E-state index contributed by atoms with van der Waals surface area (Å²) in [5.41, 5.74) is 15.0. The number of likely N-dealkylation sites (tertiary alicyclic amines) is 2. The molecular weight excluding hydrogens is 811 g/mol. The molecule has 2 N–H and O–H groups in total. The number of hydrogen-bond acceptors (Lipinski definition) is 5. The molecule has 0 radical (unpaired) electrons. The molecule has 1 atom stereocenters. The largest absolute Gasteiger partial charge is 0.393 e. The lowest BCUT2D eigenvalue weighted by molar-refractivity contribution is -0.566. The maximum absolute atomic E-state index is 4.41. The average Bonchev–Trinajstić information content (AvgIpc) is 3.29. The van der Waals surface area contributed by atoms with E-state index in [0.29, 0.717) is 5.41 Å². The first-order chi connectivity index (χ1) is 31.3. The van der Waals surface area contributed by atoms with E-state index in [0.717, 1.165) is 54.9 Å². The number of nitrogens with one attached hydrogen (secondary N) is 2. The van der Waals surface area contributed by atoms with Crippen molar-refractivity contribution in [2.75, 3.05) is 53.1 Å². The van der Waals surface area contributed by atoms with Crippen molar-refractivity contribution in [1.29, 1.82) is 0 Å². The molecule has 3 aromatic carbocycles. The van der Waals surface area contributed by atoms with Crippen LogP contribution in [0, 0.1) is 43.9 Å². The lowest BCUT2D eigenvalue weighted by atomic mass is 9.56. The highest BCUT2D eigenvalue weighted by Gasteiger charge is 2.45. The molecule has 1 spiro atoms. The van der Waals surface area contributed by atoms with Crippen LogP contribution in [0.3, 0.4) is 0 Å². The molecule has 6 rings (SSSR count). The second kappa shape index (κ2) is 28.4. The van der Waals surface area contributed by atoms with E-state index in [1.54, 1.807) is 6.26 Å². The summed E-state index contributed by atoms with van der Waals surface area (Å²) < 4.78 is 2.18. The molecule has 0 bridgehead atoms. The Labute approximate surface area is 405 Å². The molecule has 3 aromatic rings. The molecule has 1 aliphatic carbocycles. The highest BCUT2D eigenvalue weighted by Crippen LogP contribution is 2.53. The van der Waals surface area contributed by atoms with Crippen LogP contribution in [0.4, 0.5) is 0 Å². The van der Waals surface area contributed by atoms with Crippen LogP contribution in [-0.2, 0) is 19.5 Å². The van der Waals surface area contributed by atoms with Gasteiger partial charge in [0.25, 0.3) is 0 Å². The molecule has 0 amide bonds. The minimum absolute atomic E-state index is 0.194. The summed E-state index contributed by atoms with van der Waals surface area (Å²) in [6, 6.07) is 20.7. The van der Waals surface area contributed by atoms with Crippen LogP contribution in [0.5, 0.6) is 0 Å². The molecule has 5 nitrogen and oxygen atoms in total. The maximum Gasteiger partial charge on any atom is 0.191 e. The lowest BCUT2D eigenvalue weighted by Crippen LogP contribution is -2.49. The first-order valence-electron chi connectivity index (χ1n) is 25.0. The van der Waals surface area contributed by atoms with Crippen molar-refractivity contribution in [1.82, 2.24) is 20.4 Å². The van der Waals surface area contributed by atoms with Crippen LogP contribution < -0.4 is 10.6 Å². The van der Waals surface area contributed by atoms with Gasteiger partial charge >= 0.3 is 0 Å². The van der Waals surface area contributed by atoms with Gasteiger partial charge in [-0.05, 0) is 172 Å². The second-order valence-electron chi connectivity index (χ2n) is 19.6. The predicted molar refractivity (Wildman–Crippen MR) is 292 cm³/mol. The van der Waals surface area contributed by atoms with E-state index < -0.39 is 0 Å². The number of hydrogen-bond donors (Lipinski definition) is 3. The summed E-state index contributed by atoms with van der Waals surface area (Å²) in [7, 11) is 3.93. The van der Waals surface area contributed by atoms with E-state index in [2.05, 4.69) is 166 Å². The van der Waals surface area contributed by atoms with Crippen LogP contribution in [0.1, 0.15) is 136 Å². The number of piperidine rings is 2.